The van der Waals surface area contributed by atoms with E-state index in [1.165, 1.54) is 6.07 Å². The van der Waals surface area contributed by atoms with Crippen molar-refractivity contribution in [3.05, 3.63) is 35.4 Å². The molecule has 1 N–H and O–H groups in total. The van der Waals surface area contributed by atoms with Crippen LogP contribution in [0.4, 0.5) is 8.78 Å². The van der Waals surface area contributed by atoms with Crippen molar-refractivity contribution in [3.8, 4) is 0 Å². The number of carbonyl (C=O) groups excluding carboxylic acids is 1. The van der Waals surface area contributed by atoms with Gasteiger partial charge in [-0.05, 0) is 38.6 Å². The number of rotatable bonds is 5. The first-order chi connectivity index (χ1) is 8.45. The monoisotopic (exact) mass is 256 g/mol. The highest BCUT2D eigenvalue weighted by Crippen LogP contribution is 2.20. The maximum atomic E-state index is 13.1. The Balaban J connectivity index is 2.70. The number of hydrogen-bond donors (Lipinski definition) is 1. The second-order valence-corrected chi connectivity index (χ2v) is 4.22. The van der Waals surface area contributed by atoms with Crippen molar-refractivity contribution in [3.63, 3.8) is 0 Å². The lowest BCUT2D eigenvalue weighted by Gasteiger charge is -2.24. The zero-order valence-corrected chi connectivity index (χ0v) is 10.8. The molecule has 100 valence electrons. The summed E-state index contributed by atoms with van der Waals surface area (Å²) < 4.78 is 25.9. The van der Waals surface area contributed by atoms with Crippen LogP contribution in [-0.2, 0) is 4.79 Å². The fraction of sp³-hybridized carbons (Fsp3) is 0.462. The summed E-state index contributed by atoms with van der Waals surface area (Å²) in [5.74, 6) is -1.82. The van der Waals surface area contributed by atoms with Crippen LogP contribution in [0.15, 0.2) is 18.2 Å². The Bertz CT molecular complexity index is 423. The lowest BCUT2D eigenvalue weighted by atomic mass is 10.1. The molecule has 0 radical (unpaired) electrons. The van der Waals surface area contributed by atoms with Crippen LogP contribution in [-0.4, -0.2) is 30.9 Å². The van der Waals surface area contributed by atoms with E-state index in [4.69, 9.17) is 0 Å². The highest BCUT2D eigenvalue weighted by atomic mass is 19.2. The van der Waals surface area contributed by atoms with E-state index in [0.717, 1.165) is 12.1 Å². The van der Waals surface area contributed by atoms with E-state index in [2.05, 4.69) is 5.32 Å². The smallest absolute Gasteiger partial charge is 0.234 e. The first-order valence-electron chi connectivity index (χ1n) is 5.87. The van der Waals surface area contributed by atoms with Gasteiger partial charge in [0.15, 0.2) is 11.6 Å². The van der Waals surface area contributed by atoms with E-state index in [1.54, 1.807) is 11.9 Å². The third-order valence-corrected chi connectivity index (χ3v) is 2.85. The van der Waals surface area contributed by atoms with Crippen LogP contribution in [0.1, 0.15) is 25.5 Å². The summed E-state index contributed by atoms with van der Waals surface area (Å²) in [6.45, 7) is 4.48. The Morgan fingerprint density at radius 1 is 1.39 bits per heavy atom. The molecule has 0 bridgehead atoms. The van der Waals surface area contributed by atoms with Crippen LogP contribution < -0.4 is 5.32 Å². The van der Waals surface area contributed by atoms with E-state index in [-0.39, 0.29) is 18.5 Å². The maximum absolute atomic E-state index is 13.1. The molecule has 1 aromatic rings. The molecule has 1 amide bonds. The van der Waals surface area contributed by atoms with Gasteiger partial charge in [0.25, 0.3) is 0 Å². The first-order valence-corrected chi connectivity index (χ1v) is 5.87. The van der Waals surface area contributed by atoms with Gasteiger partial charge in [0.05, 0.1) is 6.54 Å². The summed E-state index contributed by atoms with van der Waals surface area (Å²) in [5.41, 5.74) is 0.640. The van der Waals surface area contributed by atoms with Crippen molar-refractivity contribution < 1.29 is 13.6 Å². The molecule has 0 heterocycles. The number of amides is 1. The number of halogens is 2. The lowest BCUT2D eigenvalue weighted by Crippen LogP contribution is -2.36. The normalized spacial score (nSPS) is 12.6. The summed E-state index contributed by atoms with van der Waals surface area (Å²) in [6, 6.07) is 3.62. The number of hydrogen-bond acceptors (Lipinski definition) is 2. The molecule has 3 nitrogen and oxygen atoms in total. The van der Waals surface area contributed by atoms with Gasteiger partial charge in [0.1, 0.15) is 0 Å². The minimum absolute atomic E-state index is 0.0885. The Hall–Kier alpha value is -1.49. The molecule has 1 rings (SSSR count). The fourth-order valence-corrected chi connectivity index (χ4v) is 1.64. The minimum Gasteiger partial charge on any atom is -0.355 e. The summed E-state index contributed by atoms with van der Waals surface area (Å²) >= 11 is 0. The molecular formula is C13H18F2N2O. The molecule has 0 spiro atoms. The van der Waals surface area contributed by atoms with Crippen LogP contribution in [0.25, 0.3) is 0 Å². The molecule has 1 aromatic carbocycles. The molecule has 0 fully saturated rings. The molecule has 0 aliphatic carbocycles. The highest BCUT2D eigenvalue weighted by molar-refractivity contribution is 5.77. The second-order valence-electron chi connectivity index (χ2n) is 4.22. The van der Waals surface area contributed by atoms with E-state index < -0.39 is 11.6 Å². The molecule has 0 saturated carbocycles. The van der Waals surface area contributed by atoms with Gasteiger partial charge in [-0.15, -0.1) is 0 Å². The van der Waals surface area contributed by atoms with E-state index >= 15 is 0 Å². The summed E-state index contributed by atoms with van der Waals surface area (Å²) in [7, 11) is 1.77. The van der Waals surface area contributed by atoms with Crippen LogP contribution in [0, 0.1) is 11.6 Å². The predicted molar refractivity (Wildman–Crippen MR) is 66.1 cm³/mol. The van der Waals surface area contributed by atoms with Crippen molar-refractivity contribution in [2.24, 2.45) is 0 Å². The van der Waals surface area contributed by atoms with Gasteiger partial charge in [0.2, 0.25) is 5.91 Å². The molecule has 0 saturated heterocycles. The van der Waals surface area contributed by atoms with E-state index in [1.807, 2.05) is 13.8 Å². The van der Waals surface area contributed by atoms with E-state index in [9.17, 15) is 13.6 Å². The Morgan fingerprint density at radius 3 is 2.61 bits per heavy atom. The lowest BCUT2D eigenvalue weighted by molar-refractivity contribution is -0.122. The molecule has 0 aliphatic rings. The van der Waals surface area contributed by atoms with Gasteiger partial charge in [-0.1, -0.05) is 6.07 Å². The fourth-order valence-electron chi connectivity index (χ4n) is 1.64. The third kappa shape index (κ3) is 3.77. The second kappa shape index (κ2) is 6.44. The van der Waals surface area contributed by atoms with Crippen LogP contribution in [0.5, 0.6) is 0 Å². The molecule has 1 atom stereocenters. The molecule has 1 unspecified atom stereocenters. The molecule has 5 heteroatoms. The topological polar surface area (TPSA) is 32.3 Å². The first kappa shape index (κ1) is 14.6. The SMILES string of the molecule is CCNC(=O)CN(C)C(C)c1ccc(F)c(F)c1. The Morgan fingerprint density at radius 2 is 2.06 bits per heavy atom. The highest BCUT2D eigenvalue weighted by Gasteiger charge is 2.16. The summed E-state index contributed by atoms with van der Waals surface area (Å²) in [4.78, 5) is 13.2. The Labute approximate surface area is 106 Å². The van der Waals surface area contributed by atoms with Crippen LogP contribution in [0.2, 0.25) is 0 Å². The van der Waals surface area contributed by atoms with Gasteiger partial charge in [0, 0.05) is 12.6 Å². The average Bonchev–Trinajstić information content (AvgIpc) is 2.32. The summed E-state index contributed by atoms with van der Waals surface area (Å²) in [6.07, 6.45) is 0. The van der Waals surface area contributed by atoms with Gasteiger partial charge < -0.3 is 5.32 Å². The summed E-state index contributed by atoms with van der Waals surface area (Å²) in [5, 5.41) is 2.69. The van der Waals surface area contributed by atoms with Gasteiger partial charge in [-0.25, -0.2) is 8.78 Å². The van der Waals surface area contributed by atoms with Gasteiger partial charge >= 0.3 is 0 Å². The van der Waals surface area contributed by atoms with Crippen LogP contribution >= 0.6 is 0 Å². The molecule has 18 heavy (non-hydrogen) atoms. The molecule has 0 aliphatic heterocycles. The zero-order chi connectivity index (χ0) is 13.7. The number of nitrogens with zero attached hydrogens (tertiary/aromatic N) is 1. The largest absolute Gasteiger partial charge is 0.355 e. The van der Waals surface area contributed by atoms with Crippen molar-refractivity contribution in [2.75, 3.05) is 20.1 Å². The predicted octanol–water partition coefficient (Wildman–Crippen LogP) is 2.09. The molecular weight excluding hydrogens is 238 g/mol. The van der Waals surface area contributed by atoms with Crippen molar-refractivity contribution in [1.29, 1.82) is 0 Å². The van der Waals surface area contributed by atoms with Crippen molar-refractivity contribution in [2.45, 2.75) is 19.9 Å². The zero-order valence-electron chi connectivity index (χ0n) is 10.8. The Kier molecular flexibility index (Phi) is 5.22. The number of benzene rings is 1. The third-order valence-electron chi connectivity index (χ3n) is 2.85. The van der Waals surface area contributed by atoms with Gasteiger partial charge in [-0.3, -0.25) is 9.69 Å². The standard InChI is InChI=1S/C13H18F2N2O/c1-4-16-13(18)8-17(3)9(2)10-5-6-11(14)12(15)7-10/h5-7,9H,4,8H2,1-3H3,(H,16,18). The number of nitrogens with one attached hydrogen (secondary N) is 1. The molecule has 0 aromatic heterocycles. The number of carbonyl (C=O) groups is 1. The quantitative estimate of drug-likeness (QED) is 0.875. The van der Waals surface area contributed by atoms with E-state index in [0.29, 0.717) is 12.1 Å². The minimum atomic E-state index is -0.870. The van der Waals surface area contributed by atoms with Crippen molar-refractivity contribution >= 4 is 5.91 Å². The number of likely N-dealkylation sites (N-methyl/N-ethyl adjacent to an activating group) is 2. The van der Waals surface area contributed by atoms with Gasteiger partial charge in [-0.2, -0.15) is 0 Å². The van der Waals surface area contributed by atoms with Crippen molar-refractivity contribution in [1.82, 2.24) is 10.2 Å². The van der Waals surface area contributed by atoms with Crippen LogP contribution in [0.3, 0.4) is 0 Å². The average molecular weight is 256 g/mol. The maximum Gasteiger partial charge on any atom is 0.234 e.